The Balaban J connectivity index is 2.30. The Labute approximate surface area is 109 Å². The molecule has 1 saturated heterocycles. The fourth-order valence-electron chi connectivity index (χ4n) is 2.27. The number of hydrogen-bond acceptors (Lipinski definition) is 3. The average Bonchev–Trinajstić information content (AvgIpc) is 2.35. The van der Waals surface area contributed by atoms with Crippen molar-refractivity contribution in [3.63, 3.8) is 0 Å². The van der Waals surface area contributed by atoms with E-state index in [4.69, 9.17) is 5.11 Å². The van der Waals surface area contributed by atoms with Crippen LogP contribution in [-0.2, 0) is 9.59 Å². The van der Waals surface area contributed by atoms with Crippen LogP contribution < -0.4 is 0 Å². The van der Waals surface area contributed by atoms with Gasteiger partial charge < -0.3 is 14.9 Å². The van der Waals surface area contributed by atoms with Crippen LogP contribution in [0.15, 0.2) is 0 Å². The highest BCUT2D eigenvalue weighted by molar-refractivity contribution is 5.96. The molecule has 0 radical (unpaired) electrons. The fourth-order valence-corrected chi connectivity index (χ4v) is 2.27. The third-order valence-electron chi connectivity index (χ3n) is 3.83. The highest BCUT2D eigenvalue weighted by Crippen LogP contribution is 2.19. The Kier molecular flexibility index (Phi) is 5.59. The van der Waals surface area contributed by atoms with E-state index in [-0.39, 0.29) is 5.91 Å². The first-order valence-electron chi connectivity index (χ1n) is 6.58. The van der Waals surface area contributed by atoms with Crippen molar-refractivity contribution in [2.75, 3.05) is 33.7 Å². The van der Waals surface area contributed by atoms with Crippen LogP contribution in [0.5, 0.6) is 0 Å². The Bertz CT molecular complexity index is 299. The molecule has 1 rings (SSSR count). The van der Waals surface area contributed by atoms with Gasteiger partial charge in [0.15, 0.2) is 0 Å². The molecule has 0 aromatic heterocycles. The molecule has 0 saturated carbocycles. The second kappa shape index (κ2) is 6.73. The largest absolute Gasteiger partial charge is 0.481 e. The van der Waals surface area contributed by atoms with E-state index in [1.54, 1.807) is 11.9 Å². The number of piperidine rings is 1. The van der Waals surface area contributed by atoms with Crippen LogP contribution in [0.25, 0.3) is 0 Å². The van der Waals surface area contributed by atoms with Crippen molar-refractivity contribution >= 4 is 11.9 Å². The number of aliphatic carboxylic acids is 1. The van der Waals surface area contributed by atoms with E-state index in [1.165, 1.54) is 19.8 Å². The van der Waals surface area contributed by atoms with Crippen molar-refractivity contribution in [3.8, 4) is 0 Å². The molecular weight excluding hydrogens is 232 g/mol. The molecule has 0 aliphatic carbocycles. The van der Waals surface area contributed by atoms with Crippen LogP contribution in [0.1, 0.15) is 26.2 Å². The summed E-state index contributed by atoms with van der Waals surface area (Å²) in [6, 6.07) is 0. The van der Waals surface area contributed by atoms with Gasteiger partial charge in [0.1, 0.15) is 5.92 Å². The number of nitrogens with zero attached hydrogens (tertiary/aromatic N) is 2. The summed E-state index contributed by atoms with van der Waals surface area (Å²) < 4.78 is 0. The zero-order valence-electron chi connectivity index (χ0n) is 11.6. The molecular formula is C13H24N2O3. The molecule has 1 fully saturated rings. The molecule has 0 spiro atoms. The summed E-state index contributed by atoms with van der Waals surface area (Å²) in [7, 11) is 3.82. The van der Waals surface area contributed by atoms with Gasteiger partial charge in [-0.2, -0.15) is 0 Å². The minimum atomic E-state index is -1.05. The van der Waals surface area contributed by atoms with Crippen LogP contribution in [0.2, 0.25) is 0 Å². The highest BCUT2D eigenvalue weighted by Gasteiger charge is 2.24. The molecule has 1 atom stereocenters. The molecule has 5 nitrogen and oxygen atoms in total. The summed E-state index contributed by atoms with van der Waals surface area (Å²) in [4.78, 5) is 26.4. The lowest BCUT2D eigenvalue weighted by molar-refractivity contribution is -0.149. The van der Waals surface area contributed by atoms with Crippen molar-refractivity contribution in [1.29, 1.82) is 0 Å². The summed E-state index contributed by atoms with van der Waals surface area (Å²) in [6.45, 7) is 4.34. The fraction of sp³-hybridized carbons (Fsp3) is 0.846. The highest BCUT2D eigenvalue weighted by atomic mass is 16.4. The Morgan fingerprint density at radius 2 is 1.94 bits per heavy atom. The van der Waals surface area contributed by atoms with E-state index < -0.39 is 11.9 Å². The minimum Gasteiger partial charge on any atom is -0.481 e. The molecule has 104 valence electrons. The van der Waals surface area contributed by atoms with Crippen molar-refractivity contribution in [1.82, 2.24) is 9.80 Å². The normalized spacial score (nSPS) is 19.5. The third kappa shape index (κ3) is 4.29. The van der Waals surface area contributed by atoms with Gasteiger partial charge in [0.05, 0.1) is 0 Å². The Morgan fingerprint density at radius 3 is 2.44 bits per heavy atom. The van der Waals surface area contributed by atoms with Gasteiger partial charge in [0, 0.05) is 13.6 Å². The van der Waals surface area contributed by atoms with Gasteiger partial charge in [0.2, 0.25) is 5.91 Å². The maximum atomic E-state index is 11.7. The first-order chi connectivity index (χ1) is 8.41. The Morgan fingerprint density at radius 1 is 1.39 bits per heavy atom. The lowest BCUT2D eigenvalue weighted by atomic mass is 9.93. The number of carboxylic acids is 1. The monoisotopic (exact) mass is 256 g/mol. The first-order valence-corrected chi connectivity index (χ1v) is 6.58. The molecule has 1 aliphatic rings. The van der Waals surface area contributed by atoms with Crippen molar-refractivity contribution < 1.29 is 14.7 Å². The van der Waals surface area contributed by atoms with Crippen LogP contribution in [0.3, 0.4) is 0 Å². The molecule has 1 aliphatic heterocycles. The number of carbonyl (C=O) groups excluding carboxylic acids is 1. The lowest BCUT2D eigenvalue weighted by Crippen LogP contribution is -2.37. The second-order valence-electron chi connectivity index (χ2n) is 5.36. The van der Waals surface area contributed by atoms with Crippen LogP contribution in [-0.4, -0.2) is 60.5 Å². The van der Waals surface area contributed by atoms with Crippen molar-refractivity contribution in [2.24, 2.45) is 11.8 Å². The van der Waals surface area contributed by atoms with E-state index in [0.717, 1.165) is 19.5 Å². The van der Waals surface area contributed by atoms with Gasteiger partial charge in [-0.1, -0.05) is 0 Å². The molecule has 18 heavy (non-hydrogen) atoms. The number of carbonyl (C=O) groups is 2. The molecule has 1 N–H and O–H groups in total. The molecule has 0 aromatic rings. The smallest absolute Gasteiger partial charge is 0.315 e. The first kappa shape index (κ1) is 15.0. The summed E-state index contributed by atoms with van der Waals surface area (Å²) in [6.07, 6.45) is 3.32. The standard InChI is InChI=1S/C13H24N2O3/c1-10(13(17)18)12(16)15(3)9-6-11-4-7-14(2)8-5-11/h10-11H,4-9H2,1-3H3,(H,17,18). The topological polar surface area (TPSA) is 60.9 Å². The minimum absolute atomic E-state index is 0.296. The predicted octanol–water partition coefficient (Wildman–Crippen LogP) is 0.897. The van der Waals surface area contributed by atoms with Crippen molar-refractivity contribution in [3.05, 3.63) is 0 Å². The van der Waals surface area contributed by atoms with Crippen LogP contribution in [0.4, 0.5) is 0 Å². The number of carboxylic acid groups (broad SMARTS) is 1. The average molecular weight is 256 g/mol. The molecule has 5 heteroatoms. The van der Waals surface area contributed by atoms with Gasteiger partial charge in [-0.25, -0.2) is 0 Å². The molecule has 1 unspecified atom stereocenters. The van der Waals surface area contributed by atoms with E-state index in [1.807, 2.05) is 0 Å². The number of hydrogen-bond donors (Lipinski definition) is 1. The molecule has 1 heterocycles. The van der Waals surface area contributed by atoms with E-state index in [9.17, 15) is 9.59 Å². The lowest BCUT2D eigenvalue weighted by Gasteiger charge is -2.30. The number of likely N-dealkylation sites (tertiary alicyclic amines) is 1. The van der Waals surface area contributed by atoms with Crippen LogP contribution >= 0.6 is 0 Å². The summed E-state index contributed by atoms with van der Waals surface area (Å²) >= 11 is 0. The van der Waals surface area contributed by atoms with Crippen LogP contribution in [0, 0.1) is 11.8 Å². The predicted molar refractivity (Wildman–Crippen MR) is 69.3 cm³/mol. The van der Waals surface area contributed by atoms with Gasteiger partial charge in [-0.3, -0.25) is 9.59 Å². The molecule has 1 amide bonds. The van der Waals surface area contributed by atoms with Gasteiger partial charge in [0.25, 0.3) is 0 Å². The number of rotatable bonds is 5. The SMILES string of the molecule is CC(C(=O)O)C(=O)N(C)CCC1CCN(C)CC1. The van der Waals surface area contributed by atoms with Gasteiger partial charge >= 0.3 is 5.97 Å². The summed E-state index contributed by atoms with van der Waals surface area (Å²) in [5.74, 6) is -1.62. The molecule has 0 bridgehead atoms. The second-order valence-corrected chi connectivity index (χ2v) is 5.36. The quantitative estimate of drug-likeness (QED) is 0.742. The maximum Gasteiger partial charge on any atom is 0.315 e. The summed E-state index contributed by atoms with van der Waals surface area (Å²) in [5, 5.41) is 8.79. The van der Waals surface area contributed by atoms with E-state index in [0.29, 0.717) is 12.5 Å². The van der Waals surface area contributed by atoms with Crippen molar-refractivity contribution in [2.45, 2.75) is 26.2 Å². The zero-order chi connectivity index (χ0) is 13.7. The molecule has 0 aromatic carbocycles. The maximum absolute atomic E-state index is 11.7. The van der Waals surface area contributed by atoms with E-state index >= 15 is 0 Å². The van der Waals surface area contributed by atoms with Gasteiger partial charge in [-0.15, -0.1) is 0 Å². The van der Waals surface area contributed by atoms with Gasteiger partial charge in [-0.05, 0) is 52.2 Å². The Hall–Kier alpha value is -1.10. The summed E-state index contributed by atoms with van der Waals surface area (Å²) in [5.41, 5.74) is 0. The number of amides is 1. The third-order valence-corrected chi connectivity index (χ3v) is 3.83. The van der Waals surface area contributed by atoms with E-state index in [2.05, 4.69) is 11.9 Å². The zero-order valence-corrected chi connectivity index (χ0v) is 11.6.